The smallest absolute Gasteiger partial charge is 0.237 e. The number of amides is 1. The van der Waals surface area contributed by atoms with Gasteiger partial charge in [-0.15, -0.1) is 21.5 Å². The van der Waals surface area contributed by atoms with Crippen LogP contribution in [0.5, 0.6) is 0 Å². The second-order valence-electron chi connectivity index (χ2n) is 8.74. The molecule has 4 aromatic rings. The third-order valence-electron chi connectivity index (χ3n) is 6.23. The number of anilines is 1. The molecule has 5 rings (SSSR count). The number of nitrogens with two attached hydrogens (primary N) is 1. The van der Waals surface area contributed by atoms with Crippen molar-refractivity contribution in [1.82, 2.24) is 19.9 Å². The molecule has 1 aliphatic carbocycles. The molecule has 2 heterocycles. The monoisotopic (exact) mass is 492 g/mol. The van der Waals surface area contributed by atoms with Crippen LogP contribution in [0.3, 0.4) is 0 Å². The summed E-state index contributed by atoms with van der Waals surface area (Å²) in [5, 5.41) is 12.9. The summed E-state index contributed by atoms with van der Waals surface area (Å²) >= 11 is 3.05. The van der Waals surface area contributed by atoms with E-state index in [1.54, 1.807) is 16.0 Å². The summed E-state index contributed by atoms with van der Waals surface area (Å²) < 4.78 is 2.77. The van der Waals surface area contributed by atoms with Crippen LogP contribution < -0.4 is 11.2 Å². The molecular formula is C25H28N6OS2. The van der Waals surface area contributed by atoms with Crippen LogP contribution in [0, 0.1) is 0 Å². The van der Waals surface area contributed by atoms with Crippen molar-refractivity contribution in [1.29, 1.82) is 0 Å². The standard InChI is InChI=1S/C25H28N6OS2/c1-16(33-25-30-29-23(31(25)26)18-7-3-2-4-8-18)24(32)27-19-13-11-17(12-14-19)15-22-28-20-9-5-6-10-21(20)34-22/h5-6,9-14,16,18H,2-4,7-8,15,26H2,1H3,(H,27,32). The minimum absolute atomic E-state index is 0.0915. The van der Waals surface area contributed by atoms with Gasteiger partial charge in [0.1, 0.15) is 0 Å². The number of rotatable bonds is 7. The highest BCUT2D eigenvalue weighted by Gasteiger charge is 2.24. The number of fused-ring (bicyclic) bond motifs is 1. The van der Waals surface area contributed by atoms with Crippen molar-refractivity contribution in [3.05, 3.63) is 64.9 Å². The molecule has 34 heavy (non-hydrogen) atoms. The number of thiazole rings is 1. The molecule has 0 saturated heterocycles. The summed E-state index contributed by atoms with van der Waals surface area (Å²) in [7, 11) is 0. The zero-order valence-corrected chi connectivity index (χ0v) is 20.7. The summed E-state index contributed by atoms with van der Waals surface area (Å²) in [4.78, 5) is 17.5. The zero-order valence-electron chi connectivity index (χ0n) is 19.1. The number of carbonyl (C=O) groups excluding carboxylic acids is 1. The molecule has 0 aliphatic heterocycles. The first-order chi connectivity index (χ1) is 16.6. The maximum absolute atomic E-state index is 12.8. The van der Waals surface area contributed by atoms with Crippen LogP contribution in [0.4, 0.5) is 5.69 Å². The molecular weight excluding hydrogens is 464 g/mol. The molecule has 1 atom stereocenters. The van der Waals surface area contributed by atoms with Crippen LogP contribution >= 0.6 is 23.1 Å². The molecule has 176 valence electrons. The SMILES string of the molecule is CC(Sc1nnc(C2CCCCC2)n1N)C(=O)Nc1ccc(Cc2nc3ccccc3s2)cc1. The molecule has 1 aliphatic rings. The Morgan fingerprint density at radius 3 is 2.68 bits per heavy atom. The topological polar surface area (TPSA) is 98.7 Å². The Labute approximate surface area is 207 Å². The summed E-state index contributed by atoms with van der Waals surface area (Å²) in [6.45, 7) is 1.86. The fourth-order valence-corrected chi connectivity index (χ4v) is 6.12. The summed E-state index contributed by atoms with van der Waals surface area (Å²) in [6, 6.07) is 16.1. The summed E-state index contributed by atoms with van der Waals surface area (Å²) in [6.07, 6.45) is 6.67. The van der Waals surface area contributed by atoms with Crippen molar-refractivity contribution in [2.24, 2.45) is 0 Å². The van der Waals surface area contributed by atoms with Gasteiger partial charge in [-0.05, 0) is 49.6 Å². The van der Waals surface area contributed by atoms with Gasteiger partial charge >= 0.3 is 0 Å². The number of hydrogen-bond acceptors (Lipinski definition) is 7. The van der Waals surface area contributed by atoms with E-state index in [-0.39, 0.29) is 11.2 Å². The van der Waals surface area contributed by atoms with Crippen molar-refractivity contribution >= 4 is 44.9 Å². The maximum atomic E-state index is 12.8. The van der Waals surface area contributed by atoms with E-state index in [4.69, 9.17) is 10.8 Å². The molecule has 9 heteroatoms. The third kappa shape index (κ3) is 5.10. The van der Waals surface area contributed by atoms with E-state index < -0.39 is 0 Å². The van der Waals surface area contributed by atoms with E-state index in [0.29, 0.717) is 11.1 Å². The number of nitrogen functional groups attached to an aromatic ring is 1. The maximum Gasteiger partial charge on any atom is 0.237 e. The average Bonchev–Trinajstić information content (AvgIpc) is 3.43. The molecule has 1 fully saturated rings. The van der Waals surface area contributed by atoms with Crippen LogP contribution in [-0.2, 0) is 11.2 Å². The predicted molar refractivity (Wildman–Crippen MR) is 139 cm³/mol. The molecule has 2 aromatic heterocycles. The van der Waals surface area contributed by atoms with Crippen molar-refractivity contribution in [3.63, 3.8) is 0 Å². The lowest BCUT2D eigenvalue weighted by Crippen LogP contribution is -2.24. The lowest BCUT2D eigenvalue weighted by atomic mass is 9.89. The third-order valence-corrected chi connectivity index (χ3v) is 8.32. The van der Waals surface area contributed by atoms with Gasteiger partial charge in [-0.3, -0.25) is 4.79 Å². The molecule has 1 amide bonds. The fourth-order valence-electron chi connectivity index (χ4n) is 4.34. The summed E-state index contributed by atoms with van der Waals surface area (Å²) in [5.74, 6) is 7.38. The molecule has 0 bridgehead atoms. The van der Waals surface area contributed by atoms with Crippen molar-refractivity contribution in [2.75, 3.05) is 11.2 Å². The second kappa shape index (κ2) is 10.1. The highest BCUT2D eigenvalue weighted by Crippen LogP contribution is 2.33. The number of para-hydroxylation sites is 1. The minimum Gasteiger partial charge on any atom is -0.336 e. The first kappa shape index (κ1) is 22.9. The highest BCUT2D eigenvalue weighted by atomic mass is 32.2. The van der Waals surface area contributed by atoms with Gasteiger partial charge in [0.05, 0.1) is 20.5 Å². The lowest BCUT2D eigenvalue weighted by molar-refractivity contribution is -0.115. The van der Waals surface area contributed by atoms with Crippen LogP contribution in [0.2, 0.25) is 0 Å². The first-order valence-electron chi connectivity index (χ1n) is 11.7. The fraction of sp³-hybridized carbons (Fsp3) is 0.360. The van der Waals surface area contributed by atoms with Gasteiger partial charge in [-0.1, -0.05) is 55.3 Å². The molecule has 2 aromatic carbocycles. The molecule has 1 unspecified atom stereocenters. The molecule has 7 nitrogen and oxygen atoms in total. The zero-order chi connectivity index (χ0) is 23.5. The number of thioether (sulfide) groups is 1. The Balaban J connectivity index is 1.17. The van der Waals surface area contributed by atoms with E-state index in [0.717, 1.165) is 46.9 Å². The second-order valence-corrected chi connectivity index (χ2v) is 11.2. The number of hydrogen-bond donors (Lipinski definition) is 2. The van der Waals surface area contributed by atoms with Crippen molar-refractivity contribution < 1.29 is 4.79 Å². The van der Waals surface area contributed by atoms with Crippen molar-refractivity contribution in [3.8, 4) is 0 Å². The normalized spacial score (nSPS) is 15.4. The Hall–Kier alpha value is -2.91. The Morgan fingerprint density at radius 1 is 1.15 bits per heavy atom. The van der Waals surface area contributed by atoms with Gasteiger partial charge in [0.15, 0.2) is 5.82 Å². The number of nitrogens with one attached hydrogen (secondary N) is 1. The van der Waals surface area contributed by atoms with E-state index in [1.165, 1.54) is 35.7 Å². The van der Waals surface area contributed by atoms with Gasteiger partial charge in [0.2, 0.25) is 11.1 Å². The highest BCUT2D eigenvalue weighted by molar-refractivity contribution is 8.00. The number of nitrogens with zero attached hydrogens (tertiary/aromatic N) is 4. The Kier molecular flexibility index (Phi) is 6.82. The molecule has 0 spiro atoms. The number of aromatic nitrogens is 4. The van der Waals surface area contributed by atoms with Crippen LogP contribution in [-0.4, -0.2) is 31.0 Å². The molecule has 1 saturated carbocycles. The van der Waals surface area contributed by atoms with Gasteiger partial charge in [0, 0.05) is 18.0 Å². The van der Waals surface area contributed by atoms with Gasteiger partial charge < -0.3 is 11.2 Å². The number of carbonyl (C=O) groups is 1. The summed E-state index contributed by atoms with van der Waals surface area (Å²) in [5.41, 5.74) is 2.96. The number of benzene rings is 2. The van der Waals surface area contributed by atoms with Gasteiger partial charge in [-0.25, -0.2) is 9.66 Å². The Morgan fingerprint density at radius 2 is 1.91 bits per heavy atom. The molecule has 3 N–H and O–H groups in total. The van der Waals surface area contributed by atoms with E-state index in [1.807, 2.05) is 49.4 Å². The minimum atomic E-state index is -0.354. The van der Waals surface area contributed by atoms with Crippen molar-refractivity contribution in [2.45, 2.75) is 61.8 Å². The van der Waals surface area contributed by atoms with Crippen LogP contribution in [0.25, 0.3) is 10.2 Å². The largest absolute Gasteiger partial charge is 0.336 e. The Bertz CT molecular complexity index is 1240. The predicted octanol–water partition coefficient (Wildman–Crippen LogP) is 5.36. The van der Waals surface area contributed by atoms with E-state index in [2.05, 4.69) is 21.6 Å². The quantitative estimate of drug-likeness (QED) is 0.266. The first-order valence-corrected chi connectivity index (χ1v) is 13.4. The van der Waals surface area contributed by atoms with E-state index >= 15 is 0 Å². The average molecular weight is 493 g/mol. The van der Waals surface area contributed by atoms with Gasteiger partial charge in [-0.2, -0.15) is 0 Å². The molecule has 0 radical (unpaired) electrons. The van der Waals surface area contributed by atoms with E-state index in [9.17, 15) is 4.79 Å². The van der Waals surface area contributed by atoms with Gasteiger partial charge in [0.25, 0.3) is 0 Å². The van der Waals surface area contributed by atoms with Crippen LogP contribution in [0.1, 0.15) is 61.3 Å². The lowest BCUT2D eigenvalue weighted by Gasteiger charge is -2.20. The van der Waals surface area contributed by atoms with Crippen LogP contribution in [0.15, 0.2) is 53.7 Å².